The molecule has 4 nitrogen and oxygen atoms in total. The standard InChI is InChI=1S/C45H31BN2O2/c1-45(2)32-16-6-10-20-36(32)47(37-21-11-7-17-33(37)45)29-24-25-30-31-27-41-42-44(43(31)48(38(30)26-29)28-14-4-3-5-15-28)50-40-23-13-9-19-35(40)46(42)34-18-8-12-22-39(34)49-41/h3-27H,1-2H3. The molecule has 0 unspecified atom stereocenters. The monoisotopic (exact) mass is 642 g/mol. The average molecular weight is 643 g/mol. The molecular weight excluding hydrogens is 611 g/mol. The number of aromatic nitrogens is 1. The van der Waals surface area contributed by atoms with Crippen molar-refractivity contribution in [3.63, 3.8) is 0 Å². The van der Waals surface area contributed by atoms with Gasteiger partial charge in [0.05, 0.1) is 22.4 Å². The lowest BCUT2D eigenvalue weighted by Crippen LogP contribution is -2.57. The smallest absolute Gasteiger partial charge is 0.260 e. The predicted octanol–water partition coefficient (Wildman–Crippen LogP) is 9.62. The van der Waals surface area contributed by atoms with E-state index in [1.807, 2.05) is 0 Å². The summed E-state index contributed by atoms with van der Waals surface area (Å²) in [7, 11) is 0. The number of nitrogens with zero attached hydrogens (tertiary/aromatic N) is 2. The van der Waals surface area contributed by atoms with E-state index in [1.165, 1.54) is 22.5 Å². The van der Waals surface area contributed by atoms with Gasteiger partial charge in [-0.05, 0) is 76.6 Å². The van der Waals surface area contributed by atoms with Gasteiger partial charge in [-0.1, -0.05) is 111 Å². The average Bonchev–Trinajstić information content (AvgIpc) is 3.49. The van der Waals surface area contributed by atoms with Gasteiger partial charge in [-0.25, -0.2) is 0 Å². The Hall–Kier alpha value is -6.20. The second-order valence-corrected chi connectivity index (χ2v) is 14.1. The minimum Gasteiger partial charge on any atom is -0.458 e. The van der Waals surface area contributed by atoms with Crippen LogP contribution in [0.3, 0.4) is 0 Å². The molecule has 0 N–H and O–H groups in total. The molecule has 0 saturated carbocycles. The van der Waals surface area contributed by atoms with Crippen molar-refractivity contribution in [3.05, 3.63) is 163 Å². The third-order valence-electron chi connectivity index (χ3n) is 11.1. The molecule has 3 aliphatic heterocycles. The maximum Gasteiger partial charge on any atom is 0.260 e. The third kappa shape index (κ3) is 3.61. The zero-order valence-electron chi connectivity index (χ0n) is 27.7. The SMILES string of the molecule is CC1(C)c2ccccc2N(c2ccc3c4cc5c6c(c4n(-c4ccccc4)c3c2)Oc2ccccc2B6c2ccccc2O5)c2ccccc21. The van der Waals surface area contributed by atoms with Gasteiger partial charge in [-0.2, -0.15) is 0 Å². The fourth-order valence-corrected chi connectivity index (χ4v) is 8.84. The van der Waals surface area contributed by atoms with Crippen LogP contribution in [0.4, 0.5) is 17.1 Å². The van der Waals surface area contributed by atoms with Gasteiger partial charge < -0.3 is 18.9 Å². The molecule has 3 aliphatic rings. The fraction of sp³-hybridized carbons (Fsp3) is 0.0667. The summed E-state index contributed by atoms with van der Waals surface area (Å²) in [5, 5.41) is 2.24. The van der Waals surface area contributed by atoms with Crippen molar-refractivity contribution in [2.75, 3.05) is 4.90 Å². The third-order valence-corrected chi connectivity index (χ3v) is 11.1. The Morgan fingerprint density at radius 2 is 1.12 bits per heavy atom. The predicted molar refractivity (Wildman–Crippen MR) is 205 cm³/mol. The first-order chi connectivity index (χ1) is 24.6. The molecule has 7 aromatic carbocycles. The van der Waals surface area contributed by atoms with E-state index in [2.05, 4.69) is 175 Å². The van der Waals surface area contributed by atoms with E-state index in [9.17, 15) is 0 Å². The zero-order valence-corrected chi connectivity index (χ0v) is 27.7. The molecule has 5 heteroatoms. The number of hydrogen-bond donors (Lipinski definition) is 0. The van der Waals surface area contributed by atoms with Crippen LogP contribution in [0.15, 0.2) is 152 Å². The Balaban J connectivity index is 1.23. The van der Waals surface area contributed by atoms with Gasteiger partial charge in [0.15, 0.2) is 5.75 Å². The van der Waals surface area contributed by atoms with E-state index in [1.54, 1.807) is 0 Å². The lowest BCUT2D eigenvalue weighted by molar-refractivity contribution is 0.467. The summed E-state index contributed by atoms with van der Waals surface area (Å²) in [5.74, 6) is 3.48. The fourth-order valence-electron chi connectivity index (χ4n) is 8.84. The summed E-state index contributed by atoms with van der Waals surface area (Å²) in [6, 6.07) is 54.3. The number of rotatable bonds is 2. The Bertz CT molecular complexity index is 2650. The number of benzene rings is 7. The topological polar surface area (TPSA) is 26.6 Å². The van der Waals surface area contributed by atoms with Crippen LogP contribution in [0.5, 0.6) is 23.0 Å². The second-order valence-electron chi connectivity index (χ2n) is 14.1. The van der Waals surface area contributed by atoms with Crippen molar-refractivity contribution >= 4 is 62.0 Å². The van der Waals surface area contributed by atoms with E-state index in [-0.39, 0.29) is 12.1 Å². The number of para-hydroxylation sites is 5. The van der Waals surface area contributed by atoms with Gasteiger partial charge in [-0.15, -0.1) is 0 Å². The van der Waals surface area contributed by atoms with Crippen LogP contribution >= 0.6 is 0 Å². The molecule has 0 fully saturated rings. The van der Waals surface area contributed by atoms with E-state index >= 15 is 0 Å². The van der Waals surface area contributed by atoms with Gasteiger partial charge in [0.2, 0.25) is 0 Å². The van der Waals surface area contributed by atoms with Crippen LogP contribution in [-0.4, -0.2) is 11.3 Å². The van der Waals surface area contributed by atoms with Crippen molar-refractivity contribution in [1.82, 2.24) is 4.57 Å². The first kappa shape index (κ1) is 27.7. The number of hydrogen-bond acceptors (Lipinski definition) is 3. The van der Waals surface area contributed by atoms with E-state index in [4.69, 9.17) is 9.47 Å². The van der Waals surface area contributed by atoms with E-state index in [0.29, 0.717) is 0 Å². The molecule has 0 bridgehead atoms. The molecule has 1 aromatic heterocycles. The van der Waals surface area contributed by atoms with Crippen LogP contribution in [0, 0.1) is 0 Å². The van der Waals surface area contributed by atoms with Crippen LogP contribution in [0.2, 0.25) is 0 Å². The van der Waals surface area contributed by atoms with Crippen LogP contribution in [0.1, 0.15) is 25.0 Å². The Kier molecular flexibility index (Phi) is 5.50. The maximum atomic E-state index is 7.00. The summed E-state index contributed by atoms with van der Waals surface area (Å²) in [5.41, 5.74) is 12.7. The lowest BCUT2D eigenvalue weighted by Gasteiger charge is -2.42. The highest BCUT2D eigenvalue weighted by Crippen LogP contribution is 2.53. The first-order valence-electron chi connectivity index (χ1n) is 17.3. The molecule has 0 aliphatic carbocycles. The van der Waals surface area contributed by atoms with Crippen LogP contribution < -0.4 is 30.8 Å². The van der Waals surface area contributed by atoms with Gasteiger partial charge >= 0.3 is 0 Å². The molecular formula is C45H31BN2O2. The summed E-state index contributed by atoms with van der Waals surface area (Å²) in [6.07, 6.45) is 0. The molecule has 0 radical (unpaired) electrons. The van der Waals surface area contributed by atoms with Gasteiger partial charge in [0.1, 0.15) is 17.2 Å². The minimum absolute atomic E-state index is 0.00167. The zero-order chi connectivity index (χ0) is 33.1. The molecule has 0 amide bonds. The Labute approximate surface area is 290 Å². The highest BCUT2D eigenvalue weighted by molar-refractivity contribution is 6.98. The van der Waals surface area contributed by atoms with Crippen molar-refractivity contribution in [2.45, 2.75) is 19.3 Å². The van der Waals surface area contributed by atoms with E-state index < -0.39 is 0 Å². The highest BCUT2D eigenvalue weighted by atomic mass is 16.5. The summed E-state index contributed by atoms with van der Waals surface area (Å²) < 4.78 is 16.1. The van der Waals surface area contributed by atoms with Crippen molar-refractivity contribution in [3.8, 4) is 28.7 Å². The number of fused-ring (bicyclic) bond motifs is 10. The van der Waals surface area contributed by atoms with Gasteiger partial charge in [0, 0.05) is 33.0 Å². The van der Waals surface area contributed by atoms with Crippen molar-refractivity contribution < 1.29 is 9.47 Å². The second kappa shape index (κ2) is 9.93. The maximum absolute atomic E-state index is 7.00. The quantitative estimate of drug-likeness (QED) is 0.176. The minimum atomic E-state index is -0.129. The van der Waals surface area contributed by atoms with E-state index in [0.717, 1.165) is 72.6 Å². The number of anilines is 3. The molecule has 0 saturated heterocycles. The van der Waals surface area contributed by atoms with Gasteiger partial charge in [-0.3, -0.25) is 0 Å². The molecule has 0 spiro atoms. The summed E-state index contributed by atoms with van der Waals surface area (Å²) in [6.45, 7) is 4.66. The molecule has 11 rings (SSSR count). The van der Waals surface area contributed by atoms with Crippen molar-refractivity contribution in [1.29, 1.82) is 0 Å². The normalized spacial score (nSPS) is 14.6. The van der Waals surface area contributed by atoms with Crippen LogP contribution in [-0.2, 0) is 5.41 Å². The molecule has 236 valence electrons. The Morgan fingerprint density at radius 3 is 1.82 bits per heavy atom. The highest BCUT2D eigenvalue weighted by Gasteiger charge is 2.42. The Morgan fingerprint density at radius 1 is 0.520 bits per heavy atom. The molecule has 4 heterocycles. The van der Waals surface area contributed by atoms with Crippen LogP contribution in [0.25, 0.3) is 27.5 Å². The molecule has 0 atom stereocenters. The van der Waals surface area contributed by atoms with Gasteiger partial charge in [0.25, 0.3) is 6.71 Å². The molecule has 50 heavy (non-hydrogen) atoms. The first-order valence-corrected chi connectivity index (χ1v) is 17.3. The lowest BCUT2D eigenvalue weighted by atomic mass is 9.35. The largest absolute Gasteiger partial charge is 0.458 e. The molecule has 8 aromatic rings. The number of ether oxygens (including phenoxy) is 2. The van der Waals surface area contributed by atoms with Crippen molar-refractivity contribution in [2.24, 2.45) is 0 Å². The summed E-state index contributed by atoms with van der Waals surface area (Å²) >= 11 is 0. The summed E-state index contributed by atoms with van der Waals surface area (Å²) in [4.78, 5) is 2.43.